The highest BCUT2D eigenvalue weighted by atomic mass is 32.1. The van der Waals surface area contributed by atoms with Crippen LogP contribution in [0.5, 0.6) is 0 Å². The van der Waals surface area contributed by atoms with Crippen molar-refractivity contribution in [2.75, 3.05) is 0 Å². The molecule has 0 saturated heterocycles. The van der Waals surface area contributed by atoms with Gasteiger partial charge in [-0.2, -0.15) is 0 Å². The average molecular weight is 581 g/mol. The van der Waals surface area contributed by atoms with Crippen molar-refractivity contribution < 1.29 is 0 Å². The number of rotatable bonds is 4. The Bertz CT molecular complexity index is 2380. The maximum Gasteiger partial charge on any atom is 0.165 e. The first kappa shape index (κ1) is 24.9. The zero-order valence-electron chi connectivity index (χ0n) is 23.6. The van der Waals surface area contributed by atoms with Gasteiger partial charge in [-0.25, -0.2) is 15.0 Å². The van der Waals surface area contributed by atoms with Crippen LogP contribution in [0.1, 0.15) is 0 Å². The highest BCUT2D eigenvalue weighted by Crippen LogP contribution is 2.44. The van der Waals surface area contributed by atoms with Gasteiger partial charge in [-0.15, -0.1) is 11.3 Å². The molecule has 0 aliphatic rings. The standard InChI is InChI=1S/C39H24N4S/c1-3-13-25(14-4-1)37-40-38(26-15-5-2-6-16-26)42-39(41-37)30-23-24-33(35-29-19-9-12-22-34(29)44-36(30)35)43-31-20-10-7-17-27(31)28-18-8-11-21-32(28)43/h1-24H. The van der Waals surface area contributed by atoms with E-state index in [4.69, 9.17) is 15.0 Å². The molecule has 3 heterocycles. The molecule has 6 aromatic carbocycles. The molecule has 0 amide bonds. The number of benzene rings is 6. The monoisotopic (exact) mass is 580 g/mol. The van der Waals surface area contributed by atoms with Gasteiger partial charge in [0.2, 0.25) is 0 Å². The first-order chi connectivity index (χ1) is 21.8. The molecule has 5 heteroatoms. The van der Waals surface area contributed by atoms with Crippen molar-refractivity contribution in [3.8, 4) is 39.9 Å². The SMILES string of the molecule is c1ccc(-c2nc(-c3ccccc3)nc(-c3ccc(-n4c5ccccc5c5ccccc54)c4c3sc3ccccc34)n2)cc1. The minimum atomic E-state index is 0.662. The Morgan fingerprint density at radius 3 is 1.55 bits per heavy atom. The average Bonchev–Trinajstić information content (AvgIpc) is 3.65. The lowest BCUT2D eigenvalue weighted by Crippen LogP contribution is -2.01. The summed E-state index contributed by atoms with van der Waals surface area (Å²) in [4.78, 5) is 15.1. The molecular formula is C39H24N4S. The Kier molecular flexibility index (Phi) is 5.64. The van der Waals surface area contributed by atoms with E-state index in [-0.39, 0.29) is 0 Å². The van der Waals surface area contributed by atoms with Crippen molar-refractivity contribution in [2.24, 2.45) is 0 Å². The fourth-order valence-corrected chi connectivity index (χ4v) is 7.52. The second kappa shape index (κ2) is 9.97. The van der Waals surface area contributed by atoms with Crippen LogP contribution in [0.15, 0.2) is 146 Å². The van der Waals surface area contributed by atoms with Crippen LogP contribution in [0.25, 0.3) is 81.8 Å². The summed E-state index contributed by atoms with van der Waals surface area (Å²) in [6.45, 7) is 0. The second-order valence-electron chi connectivity index (χ2n) is 10.8. The molecule has 0 fully saturated rings. The molecule has 3 aromatic heterocycles. The van der Waals surface area contributed by atoms with E-state index >= 15 is 0 Å². The first-order valence-electron chi connectivity index (χ1n) is 14.6. The lowest BCUT2D eigenvalue weighted by molar-refractivity contribution is 1.08. The van der Waals surface area contributed by atoms with E-state index in [1.165, 1.54) is 37.3 Å². The molecule has 0 N–H and O–H groups in total. The maximum absolute atomic E-state index is 5.09. The van der Waals surface area contributed by atoms with E-state index in [9.17, 15) is 0 Å². The number of fused-ring (bicyclic) bond motifs is 6. The number of nitrogens with zero attached hydrogens (tertiary/aromatic N) is 4. The van der Waals surface area contributed by atoms with E-state index in [0.717, 1.165) is 27.1 Å². The van der Waals surface area contributed by atoms with Crippen molar-refractivity contribution in [2.45, 2.75) is 0 Å². The molecule has 0 unspecified atom stereocenters. The third-order valence-electron chi connectivity index (χ3n) is 8.27. The van der Waals surface area contributed by atoms with Crippen LogP contribution in [0.2, 0.25) is 0 Å². The van der Waals surface area contributed by atoms with E-state index < -0.39 is 0 Å². The summed E-state index contributed by atoms with van der Waals surface area (Å²) in [5, 5.41) is 4.93. The summed E-state index contributed by atoms with van der Waals surface area (Å²) in [6, 6.07) is 50.7. The number of aromatic nitrogens is 4. The van der Waals surface area contributed by atoms with E-state index in [1.807, 2.05) is 60.7 Å². The smallest absolute Gasteiger partial charge is 0.165 e. The summed E-state index contributed by atoms with van der Waals surface area (Å²) >= 11 is 1.79. The van der Waals surface area contributed by atoms with Gasteiger partial charge in [-0.1, -0.05) is 115 Å². The third kappa shape index (κ3) is 3.87. The number of para-hydroxylation sites is 2. The number of thiophene rings is 1. The number of hydrogen-bond donors (Lipinski definition) is 0. The van der Waals surface area contributed by atoms with Crippen LogP contribution in [0, 0.1) is 0 Å². The topological polar surface area (TPSA) is 43.6 Å². The molecule has 9 aromatic rings. The Morgan fingerprint density at radius 1 is 0.432 bits per heavy atom. The Labute approximate surface area is 257 Å². The van der Waals surface area contributed by atoms with Gasteiger partial charge >= 0.3 is 0 Å². The van der Waals surface area contributed by atoms with Crippen LogP contribution < -0.4 is 0 Å². The zero-order chi connectivity index (χ0) is 29.0. The lowest BCUT2D eigenvalue weighted by Gasteiger charge is -2.13. The maximum atomic E-state index is 5.09. The molecule has 0 bridgehead atoms. The highest BCUT2D eigenvalue weighted by molar-refractivity contribution is 7.26. The molecular weight excluding hydrogens is 557 g/mol. The van der Waals surface area contributed by atoms with E-state index in [0.29, 0.717) is 17.5 Å². The van der Waals surface area contributed by atoms with Crippen LogP contribution >= 0.6 is 11.3 Å². The van der Waals surface area contributed by atoms with Crippen molar-refractivity contribution in [1.29, 1.82) is 0 Å². The van der Waals surface area contributed by atoms with Gasteiger partial charge in [0.25, 0.3) is 0 Å². The summed E-state index contributed by atoms with van der Waals surface area (Å²) in [7, 11) is 0. The Morgan fingerprint density at radius 2 is 0.932 bits per heavy atom. The summed E-state index contributed by atoms with van der Waals surface area (Å²) in [6.07, 6.45) is 0. The molecule has 206 valence electrons. The van der Waals surface area contributed by atoms with Gasteiger partial charge in [0, 0.05) is 47.6 Å². The zero-order valence-corrected chi connectivity index (χ0v) is 24.4. The molecule has 0 aliphatic heterocycles. The predicted octanol–water partition coefficient (Wildman–Crippen LogP) is 10.3. The van der Waals surface area contributed by atoms with E-state index in [1.54, 1.807) is 11.3 Å². The molecule has 0 radical (unpaired) electrons. The van der Waals surface area contributed by atoms with Crippen LogP contribution in [0.3, 0.4) is 0 Å². The first-order valence-corrected chi connectivity index (χ1v) is 15.5. The minimum Gasteiger partial charge on any atom is -0.309 e. The molecule has 0 atom stereocenters. The third-order valence-corrected chi connectivity index (χ3v) is 9.47. The summed E-state index contributed by atoms with van der Waals surface area (Å²) < 4.78 is 4.81. The fourth-order valence-electron chi connectivity index (χ4n) is 6.28. The minimum absolute atomic E-state index is 0.662. The molecule has 0 saturated carbocycles. The van der Waals surface area contributed by atoms with Crippen molar-refractivity contribution in [1.82, 2.24) is 19.5 Å². The quantitative estimate of drug-likeness (QED) is 0.208. The van der Waals surface area contributed by atoms with Crippen LogP contribution in [0.4, 0.5) is 0 Å². The molecule has 0 spiro atoms. The van der Waals surface area contributed by atoms with Crippen LogP contribution in [-0.2, 0) is 0 Å². The number of hydrogen-bond acceptors (Lipinski definition) is 4. The molecule has 44 heavy (non-hydrogen) atoms. The van der Waals surface area contributed by atoms with Gasteiger partial charge in [0.05, 0.1) is 16.7 Å². The summed E-state index contributed by atoms with van der Waals surface area (Å²) in [5.74, 6) is 1.99. The molecule has 4 nitrogen and oxygen atoms in total. The van der Waals surface area contributed by atoms with Crippen molar-refractivity contribution >= 4 is 53.3 Å². The fraction of sp³-hybridized carbons (Fsp3) is 0. The van der Waals surface area contributed by atoms with Gasteiger partial charge in [-0.05, 0) is 30.3 Å². The van der Waals surface area contributed by atoms with Crippen molar-refractivity contribution in [3.05, 3.63) is 146 Å². The Hall–Kier alpha value is -5.65. The Balaban J connectivity index is 1.37. The lowest BCUT2D eigenvalue weighted by atomic mass is 10.1. The predicted molar refractivity (Wildman–Crippen MR) is 183 cm³/mol. The summed E-state index contributed by atoms with van der Waals surface area (Å²) in [5.41, 5.74) is 6.46. The van der Waals surface area contributed by atoms with Gasteiger partial charge in [0.15, 0.2) is 17.5 Å². The normalized spacial score (nSPS) is 11.6. The van der Waals surface area contributed by atoms with Crippen molar-refractivity contribution in [3.63, 3.8) is 0 Å². The van der Waals surface area contributed by atoms with Crippen LogP contribution in [-0.4, -0.2) is 19.5 Å². The highest BCUT2D eigenvalue weighted by Gasteiger charge is 2.21. The second-order valence-corrected chi connectivity index (χ2v) is 11.9. The molecule has 0 aliphatic carbocycles. The van der Waals surface area contributed by atoms with Gasteiger partial charge in [0.1, 0.15) is 0 Å². The van der Waals surface area contributed by atoms with E-state index in [2.05, 4.69) is 89.5 Å². The molecule has 9 rings (SSSR count). The van der Waals surface area contributed by atoms with Gasteiger partial charge in [-0.3, -0.25) is 0 Å². The van der Waals surface area contributed by atoms with Gasteiger partial charge < -0.3 is 4.57 Å². The largest absolute Gasteiger partial charge is 0.309 e.